The van der Waals surface area contributed by atoms with E-state index < -0.39 is 0 Å². The number of ether oxygens (including phenoxy) is 1. The van der Waals surface area contributed by atoms with E-state index in [-0.39, 0.29) is 12.1 Å². The zero-order chi connectivity index (χ0) is 13.0. The van der Waals surface area contributed by atoms with E-state index in [2.05, 4.69) is 27.6 Å². The fraction of sp³-hybridized carbons (Fsp3) is 0.636. The van der Waals surface area contributed by atoms with E-state index in [1.807, 2.05) is 6.26 Å². The Hall–Kier alpha value is -1.05. The second-order valence-electron chi connectivity index (χ2n) is 4.25. The number of hydrogen-bond donors (Lipinski definition) is 3. The van der Waals surface area contributed by atoms with Crippen molar-refractivity contribution in [3.05, 3.63) is 6.07 Å². The molecule has 2 rings (SSSR count). The van der Waals surface area contributed by atoms with Crippen LogP contribution in [0.15, 0.2) is 11.2 Å². The Morgan fingerprint density at radius 2 is 2.28 bits per heavy atom. The quantitative estimate of drug-likeness (QED) is 0.323. The first-order chi connectivity index (χ1) is 8.72. The van der Waals surface area contributed by atoms with Crippen LogP contribution >= 0.6 is 11.8 Å². The maximum Gasteiger partial charge on any atom is 0.191 e. The van der Waals surface area contributed by atoms with Crippen molar-refractivity contribution in [2.45, 2.75) is 37.1 Å². The molecule has 0 spiro atoms. The second kappa shape index (κ2) is 6.21. The van der Waals surface area contributed by atoms with E-state index in [9.17, 15) is 0 Å². The highest BCUT2D eigenvalue weighted by atomic mass is 32.2. The van der Waals surface area contributed by atoms with Crippen molar-refractivity contribution < 1.29 is 4.74 Å². The highest BCUT2D eigenvalue weighted by molar-refractivity contribution is 7.98. The Morgan fingerprint density at radius 1 is 1.50 bits per heavy atom. The second-order valence-corrected chi connectivity index (χ2v) is 5.03. The monoisotopic (exact) mass is 269 g/mol. The van der Waals surface area contributed by atoms with Crippen molar-refractivity contribution in [3.8, 4) is 0 Å². The molecule has 2 heterocycles. The van der Waals surface area contributed by atoms with Crippen LogP contribution in [0.5, 0.6) is 0 Å². The topological polar surface area (TPSA) is 85.1 Å². The largest absolute Gasteiger partial charge is 0.376 e. The summed E-state index contributed by atoms with van der Waals surface area (Å²) in [5, 5.41) is 4.04. The maximum atomic E-state index is 5.65. The third-order valence-electron chi connectivity index (χ3n) is 2.93. The summed E-state index contributed by atoms with van der Waals surface area (Å²) in [7, 11) is 0. The Morgan fingerprint density at radius 3 is 2.89 bits per heavy atom. The van der Waals surface area contributed by atoms with Gasteiger partial charge < -0.3 is 15.5 Å². The number of rotatable bonds is 5. The number of hydrogen-bond acceptors (Lipinski definition) is 7. The van der Waals surface area contributed by atoms with E-state index in [4.69, 9.17) is 10.6 Å². The Kier molecular flexibility index (Phi) is 4.62. The third kappa shape index (κ3) is 3.24. The maximum absolute atomic E-state index is 5.65. The van der Waals surface area contributed by atoms with Crippen molar-refractivity contribution in [2.24, 2.45) is 5.84 Å². The van der Waals surface area contributed by atoms with Crippen LogP contribution in [0.1, 0.15) is 19.8 Å². The van der Waals surface area contributed by atoms with Crippen molar-refractivity contribution in [3.63, 3.8) is 0 Å². The number of anilines is 2. The van der Waals surface area contributed by atoms with Crippen LogP contribution in [-0.2, 0) is 4.74 Å². The molecule has 0 bridgehead atoms. The summed E-state index contributed by atoms with van der Waals surface area (Å²) in [4.78, 5) is 8.62. The molecule has 2 unspecified atom stereocenters. The molecule has 1 aliphatic rings. The minimum Gasteiger partial charge on any atom is -0.376 e. The minimum atomic E-state index is 0.225. The molecule has 0 aliphatic carbocycles. The zero-order valence-electron chi connectivity index (χ0n) is 10.6. The summed E-state index contributed by atoms with van der Waals surface area (Å²) in [5.41, 5.74) is 2.55. The number of thioether (sulfide) groups is 1. The molecular weight excluding hydrogens is 250 g/mol. The molecule has 2 atom stereocenters. The number of nitrogen functional groups attached to an aromatic ring is 1. The molecule has 1 fully saturated rings. The highest BCUT2D eigenvalue weighted by Crippen LogP contribution is 2.21. The average molecular weight is 269 g/mol. The van der Waals surface area contributed by atoms with Crippen LogP contribution < -0.4 is 16.6 Å². The Bertz CT molecular complexity index is 375. The predicted molar refractivity (Wildman–Crippen MR) is 73.7 cm³/mol. The minimum absolute atomic E-state index is 0.225. The lowest BCUT2D eigenvalue weighted by Gasteiger charge is -2.20. The molecule has 0 radical (unpaired) electrons. The molecule has 7 heteroatoms. The molecule has 18 heavy (non-hydrogen) atoms. The summed E-state index contributed by atoms with van der Waals surface area (Å²) in [6.07, 6.45) is 4.41. The summed E-state index contributed by atoms with van der Waals surface area (Å²) in [6.45, 7) is 2.96. The predicted octanol–water partition coefficient (Wildman–Crippen LogP) is 1.46. The molecule has 1 aromatic rings. The average Bonchev–Trinajstić information content (AvgIpc) is 2.92. The normalized spacial score (nSPS) is 20.7. The smallest absolute Gasteiger partial charge is 0.191 e. The first-order valence-corrected chi connectivity index (χ1v) is 7.23. The van der Waals surface area contributed by atoms with Crippen LogP contribution in [0.25, 0.3) is 0 Å². The molecule has 100 valence electrons. The van der Waals surface area contributed by atoms with Gasteiger partial charge in [0.2, 0.25) is 0 Å². The van der Waals surface area contributed by atoms with Crippen LogP contribution in [0.2, 0.25) is 0 Å². The summed E-state index contributed by atoms with van der Waals surface area (Å²) in [5.74, 6) is 6.77. The molecule has 6 nitrogen and oxygen atoms in total. The molecule has 0 amide bonds. The number of nitrogens with one attached hydrogen (secondary N) is 2. The van der Waals surface area contributed by atoms with Crippen LogP contribution in [0, 0.1) is 0 Å². The number of nitrogens with two attached hydrogens (primary N) is 1. The van der Waals surface area contributed by atoms with Gasteiger partial charge in [0.15, 0.2) is 5.16 Å². The fourth-order valence-corrected chi connectivity index (χ4v) is 2.37. The lowest BCUT2D eigenvalue weighted by atomic mass is 10.1. The summed E-state index contributed by atoms with van der Waals surface area (Å²) in [6, 6.07) is 2.02. The van der Waals surface area contributed by atoms with Crippen molar-refractivity contribution in [1.82, 2.24) is 9.97 Å². The zero-order valence-corrected chi connectivity index (χ0v) is 11.5. The van der Waals surface area contributed by atoms with Gasteiger partial charge in [-0.2, -0.15) is 0 Å². The first-order valence-electron chi connectivity index (χ1n) is 6.00. The van der Waals surface area contributed by atoms with Crippen LogP contribution in [0.3, 0.4) is 0 Å². The van der Waals surface area contributed by atoms with Crippen LogP contribution in [0.4, 0.5) is 11.6 Å². The molecule has 4 N–H and O–H groups in total. The molecule has 1 saturated heterocycles. The number of nitrogens with zero attached hydrogens (tertiary/aromatic N) is 2. The van der Waals surface area contributed by atoms with Gasteiger partial charge in [-0.1, -0.05) is 11.8 Å². The molecule has 1 aromatic heterocycles. The Labute approximate surface area is 111 Å². The van der Waals surface area contributed by atoms with Gasteiger partial charge in [-0.05, 0) is 26.0 Å². The fourth-order valence-electron chi connectivity index (χ4n) is 1.99. The summed E-state index contributed by atoms with van der Waals surface area (Å²) < 4.78 is 5.65. The van der Waals surface area contributed by atoms with Gasteiger partial charge in [0.05, 0.1) is 12.1 Å². The third-order valence-corrected chi connectivity index (χ3v) is 3.48. The van der Waals surface area contributed by atoms with Gasteiger partial charge in [0, 0.05) is 12.7 Å². The van der Waals surface area contributed by atoms with Gasteiger partial charge >= 0.3 is 0 Å². The van der Waals surface area contributed by atoms with E-state index in [1.54, 1.807) is 6.07 Å². The molecule has 0 saturated carbocycles. The molecule has 0 aromatic carbocycles. The summed E-state index contributed by atoms with van der Waals surface area (Å²) >= 11 is 1.48. The van der Waals surface area contributed by atoms with Gasteiger partial charge in [-0.15, -0.1) is 0 Å². The van der Waals surface area contributed by atoms with Crippen molar-refractivity contribution >= 4 is 23.4 Å². The van der Waals surface area contributed by atoms with Crippen molar-refractivity contribution in [2.75, 3.05) is 23.6 Å². The van der Waals surface area contributed by atoms with Gasteiger partial charge in [0.25, 0.3) is 0 Å². The van der Waals surface area contributed by atoms with Crippen molar-refractivity contribution in [1.29, 1.82) is 0 Å². The van der Waals surface area contributed by atoms with Gasteiger partial charge in [-0.25, -0.2) is 15.8 Å². The molecule has 1 aliphatic heterocycles. The van der Waals surface area contributed by atoms with Gasteiger partial charge in [0.1, 0.15) is 11.6 Å². The van der Waals surface area contributed by atoms with Gasteiger partial charge in [-0.3, -0.25) is 0 Å². The molecular formula is C11H19N5OS. The van der Waals surface area contributed by atoms with E-state index >= 15 is 0 Å². The Balaban J connectivity index is 2.07. The highest BCUT2D eigenvalue weighted by Gasteiger charge is 2.22. The lowest BCUT2D eigenvalue weighted by Crippen LogP contribution is -2.30. The van der Waals surface area contributed by atoms with Crippen LogP contribution in [-0.4, -0.2) is 35.0 Å². The number of hydrazine groups is 1. The number of aromatic nitrogens is 2. The standard InChI is InChI=1S/C11H19N5OS/c1-7(8-4-3-5-17-8)13-9-6-10(16-12)15-11(14-9)18-2/h6-8H,3-5,12H2,1-2H3,(H2,13,14,15,16). The van der Waals surface area contributed by atoms with E-state index in [0.29, 0.717) is 11.0 Å². The first kappa shape index (κ1) is 13.4. The van der Waals surface area contributed by atoms with E-state index in [1.165, 1.54) is 11.8 Å². The lowest BCUT2D eigenvalue weighted by molar-refractivity contribution is 0.0995. The van der Waals surface area contributed by atoms with E-state index in [0.717, 1.165) is 25.3 Å². The SMILES string of the molecule is CSc1nc(NN)cc(NC(C)C2CCCO2)n1.